The van der Waals surface area contributed by atoms with Crippen LogP contribution in [0.15, 0.2) is 51.7 Å². The molecule has 0 aliphatic rings. The Morgan fingerprint density at radius 3 is 2.65 bits per heavy atom. The third kappa shape index (κ3) is 6.12. The van der Waals surface area contributed by atoms with Crippen molar-refractivity contribution in [3.8, 4) is 0 Å². The average Bonchev–Trinajstić information content (AvgIpc) is 2.76. The number of carbonyl (C=O) groups is 1. The number of rotatable bonds is 9. The molecule has 3 aromatic rings. The maximum absolute atomic E-state index is 12.9. The molecule has 164 valence electrons. The number of aromatic amines is 1. The van der Waals surface area contributed by atoms with E-state index in [0.717, 1.165) is 23.1 Å². The van der Waals surface area contributed by atoms with Crippen molar-refractivity contribution in [2.45, 2.75) is 26.3 Å². The van der Waals surface area contributed by atoms with Crippen LogP contribution >= 0.6 is 28.1 Å². The van der Waals surface area contributed by atoms with E-state index in [4.69, 9.17) is 12.2 Å². The number of H-pyrrole nitrogens is 1. The summed E-state index contributed by atoms with van der Waals surface area (Å²) < 4.78 is 2.74. The minimum atomic E-state index is -0.142. The number of hydrogen-bond acceptors (Lipinski definition) is 3. The molecule has 0 radical (unpaired) electrons. The third-order valence-electron chi connectivity index (χ3n) is 5.30. The smallest absolute Gasteiger partial charge is 0.262 e. The van der Waals surface area contributed by atoms with Crippen molar-refractivity contribution in [3.05, 3.63) is 73.2 Å². The summed E-state index contributed by atoms with van der Waals surface area (Å²) in [4.78, 5) is 29.8. The van der Waals surface area contributed by atoms with E-state index < -0.39 is 0 Å². The lowest BCUT2D eigenvalue weighted by molar-refractivity contribution is -0.878. The fourth-order valence-corrected chi connectivity index (χ4v) is 4.02. The van der Waals surface area contributed by atoms with Crippen molar-refractivity contribution in [1.82, 2.24) is 14.9 Å². The van der Waals surface area contributed by atoms with Gasteiger partial charge in [-0.15, -0.1) is 0 Å². The molecule has 0 fully saturated rings. The molecule has 3 rings (SSSR count). The summed E-state index contributed by atoms with van der Waals surface area (Å²) in [5.41, 5.74) is 2.08. The number of nitrogens with zero attached hydrogens (tertiary/aromatic N) is 1. The van der Waals surface area contributed by atoms with Crippen LogP contribution in [0, 0.1) is 4.77 Å². The fraction of sp³-hybridized carbons (Fsp3) is 0.348. The number of unbranched alkanes of at least 4 members (excludes halogenated alkanes) is 1. The Morgan fingerprint density at radius 2 is 1.94 bits per heavy atom. The number of fused-ring (bicyclic) bond motifs is 1. The van der Waals surface area contributed by atoms with E-state index in [-0.39, 0.29) is 11.5 Å². The second-order valence-corrected chi connectivity index (χ2v) is 9.08. The molecule has 8 heteroatoms. The first-order chi connectivity index (χ1) is 14.9. The second kappa shape index (κ2) is 10.8. The summed E-state index contributed by atoms with van der Waals surface area (Å²) in [6, 6.07) is 12.8. The van der Waals surface area contributed by atoms with Gasteiger partial charge in [0.25, 0.3) is 11.5 Å². The van der Waals surface area contributed by atoms with Gasteiger partial charge < -0.3 is 15.2 Å². The molecule has 2 aromatic carbocycles. The Kier molecular flexibility index (Phi) is 8.17. The van der Waals surface area contributed by atoms with Gasteiger partial charge in [0.05, 0.1) is 44.1 Å². The van der Waals surface area contributed by atoms with Gasteiger partial charge in [-0.1, -0.05) is 41.4 Å². The topological polar surface area (TPSA) is 71.3 Å². The number of likely N-dealkylation sites (N-methyl/N-ethyl adjacent to an activating group) is 1. The van der Waals surface area contributed by atoms with E-state index in [1.807, 2.05) is 24.3 Å². The summed E-state index contributed by atoms with van der Waals surface area (Å²) in [6.07, 6.45) is 2.38. The zero-order chi connectivity index (χ0) is 22.4. The largest absolute Gasteiger partial charge is 0.346 e. The number of aromatic nitrogens is 2. The highest BCUT2D eigenvalue weighted by molar-refractivity contribution is 9.10. The highest BCUT2D eigenvalue weighted by Crippen LogP contribution is 2.16. The Bertz CT molecular complexity index is 1170. The van der Waals surface area contributed by atoms with Crippen molar-refractivity contribution in [1.29, 1.82) is 0 Å². The number of amides is 1. The second-order valence-electron chi connectivity index (χ2n) is 7.77. The Morgan fingerprint density at radius 1 is 1.19 bits per heavy atom. The summed E-state index contributed by atoms with van der Waals surface area (Å²) in [5, 5.41) is 3.55. The van der Waals surface area contributed by atoms with E-state index in [9.17, 15) is 9.59 Å². The van der Waals surface area contributed by atoms with Crippen molar-refractivity contribution < 1.29 is 9.69 Å². The summed E-state index contributed by atoms with van der Waals surface area (Å²) in [5.74, 6) is -0.0835. The molecule has 1 unspecified atom stereocenters. The SMILES string of the molecule is CCCC[NH+](C)CCNC(=O)c1ccc(Cn2c(=S)[nH]c3ccc(Br)cc3c2=O)cc1. The number of quaternary nitrogens is 1. The molecule has 1 aromatic heterocycles. The minimum Gasteiger partial charge on any atom is -0.346 e. The molecular weight excluding hydrogens is 476 g/mol. The molecule has 3 N–H and O–H groups in total. The Labute approximate surface area is 195 Å². The van der Waals surface area contributed by atoms with Gasteiger partial charge in [0.2, 0.25) is 0 Å². The van der Waals surface area contributed by atoms with Crippen molar-refractivity contribution in [3.63, 3.8) is 0 Å². The molecule has 0 bridgehead atoms. The van der Waals surface area contributed by atoms with Gasteiger partial charge in [0.1, 0.15) is 0 Å². The van der Waals surface area contributed by atoms with Crippen LogP contribution in [0.3, 0.4) is 0 Å². The van der Waals surface area contributed by atoms with Gasteiger partial charge in [0, 0.05) is 10.0 Å². The molecule has 1 heterocycles. The maximum atomic E-state index is 12.9. The van der Waals surface area contributed by atoms with Gasteiger partial charge in [-0.25, -0.2) is 0 Å². The minimum absolute atomic E-state index is 0.0835. The monoisotopic (exact) mass is 503 g/mol. The van der Waals surface area contributed by atoms with E-state index in [0.29, 0.717) is 34.3 Å². The lowest BCUT2D eigenvalue weighted by atomic mass is 10.1. The average molecular weight is 504 g/mol. The van der Waals surface area contributed by atoms with Gasteiger partial charge in [-0.3, -0.25) is 14.2 Å². The zero-order valence-electron chi connectivity index (χ0n) is 17.8. The van der Waals surface area contributed by atoms with E-state index in [1.165, 1.54) is 22.3 Å². The summed E-state index contributed by atoms with van der Waals surface area (Å²) >= 11 is 8.80. The number of halogens is 1. The van der Waals surface area contributed by atoms with Crippen LogP contribution in [0.1, 0.15) is 35.7 Å². The van der Waals surface area contributed by atoms with Gasteiger partial charge >= 0.3 is 0 Å². The van der Waals surface area contributed by atoms with Gasteiger partial charge in [0.15, 0.2) is 4.77 Å². The standard InChI is InChI=1S/C23H27BrN4O2S/c1-3-4-12-27(2)13-11-25-21(29)17-7-5-16(6-8-17)15-28-22(30)19-14-18(24)9-10-20(19)26-23(28)31/h5-10,14H,3-4,11-13,15H2,1-2H3,(H,25,29)(H,26,31)/p+1. The molecule has 1 amide bonds. The molecule has 0 spiro atoms. The molecule has 0 saturated carbocycles. The van der Waals surface area contributed by atoms with Crippen molar-refractivity contribution in [2.24, 2.45) is 0 Å². The molecular formula is C23H28BrN4O2S+. The number of nitrogens with one attached hydrogen (secondary N) is 3. The van der Waals surface area contributed by atoms with Crippen LogP contribution in [0.5, 0.6) is 0 Å². The third-order valence-corrected chi connectivity index (χ3v) is 6.11. The predicted molar refractivity (Wildman–Crippen MR) is 130 cm³/mol. The summed E-state index contributed by atoms with van der Waals surface area (Å²) in [7, 11) is 2.15. The maximum Gasteiger partial charge on any atom is 0.262 e. The zero-order valence-corrected chi connectivity index (χ0v) is 20.2. The number of hydrogen-bond donors (Lipinski definition) is 3. The normalized spacial score (nSPS) is 12.1. The van der Waals surface area contributed by atoms with Crippen LogP contribution in [0.25, 0.3) is 10.9 Å². The van der Waals surface area contributed by atoms with E-state index in [2.05, 4.69) is 40.2 Å². The first-order valence-electron chi connectivity index (χ1n) is 10.5. The van der Waals surface area contributed by atoms with Crippen LogP contribution in [0.4, 0.5) is 0 Å². The van der Waals surface area contributed by atoms with Crippen LogP contribution < -0.4 is 15.8 Å². The molecule has 0 saturated heterocycles. The van der Waals surface area contributed by atoms with Crippen molar-refractivity contribution >= 4 is 45.0 Å². The Balaban J connectivity index is 1.66. The number of carbonyl (C=O) groups excluding carboxylic acids is 1. The van der Waals surface area contributed by atoms with Crippen LogP contribution in [-0.4, -0.2) is 42.1 Å². The first-order valence-corrected chi connectivity index (χ1v) is 11.7. The van der Waals surface area contributed by atoms with Gasteiger partial charge in [-0.2, -0.15) is 0 Å². The molecule has 0 aliphatic carbocycles. The summed E-state index contributed by atoms with van der Waals surface area (Å²) in [6.45, 7) is 5.19. The fourth-order valence-electron chi connectivity index (χ4n) is 3.41. The lowest BCUT2D eigenvalue weighted by Crippen LogP contribution is -3.09. The number of benzene rings is 2. The molecule has 31 heavy (non-hydrogen) atoms. The van der Waals surface area contributed by atoms with Crippen LogP contribution in [0.2, 0.25) is 0 Å². The van der Waals surface area contributed by atoms with Crippen molar-refractivity contribution in [2.75, 3.05) is 26.7 Å². The quantitative estimate of drug-likeness (QED) is 0.393. The van der Waals surface area contributed by atoms with E-state index in [1.54, 1.807) is 18.2 Å². The van der Waals surface area contributed by atoms with Crippen LogP contribution in [-0.2, 0) is 6.54 Å². The van der Waals surface area contributed by atoms with E-state index >= 15 is 0 Å². The predicted octanol–water partition coefficient (Wildman–Crippen LogP) is 2.91. The van der Waals surface area contributed by atoms with Gasteiger partial charge in [-0.05, 0) is 54.5 Å². The molecule has 1 atom stereocenters. The highest BCUT2D eigenvalue weighted by atomic mass is 79.9. The lowest BCUT2D eigenvalue weighted by Gasteiger charge is -2.14. The highest BCUT2D eigenvalue weighted by Gasteiger charge is 2.09. The molecule has 6 nitrogen and oxygen atoms in total. The Hall–Kier alpha value is -2.29. The first kappa shape index (κ1) is 23.4. The molecule has 0 aliphatic heterocycles.